The molecule has 2 aromatic rings. The lowest BCUT2D eigenvalue weighted by molar-refractivity contribution is 0.101. The van der Waals surface area contributed by atoms with Crippen molar-refractivity contribution in [2.75, 3.05) is 0 Å². The highest BCUT2D eigenvalue weighted by Crippen LogP contribution is 2.20. The number of aromatic nitrogens is 2. The lowest BCUT2D eigenvalue weighted by Crippen LogP contribution is -1.97. The normalized spacial score (nSPS) is 10.1. The van der Waals surface area contributed by atoms with Gasteiger partial charge in [0.15, 0.2) is 5.78 Å². The van der Waals surface area contributed by atoms with Crippen molar-refractivity contribution in [1.29, 1.82) is 0 Å². The molecule has 3 nitrogen and oxygen atoms in total. The van der Waals surface area contributed by atoms with Crippen molar-refractivity contribution >= 4 is 17.4 Å². The molecule has 0 N–H and O–H groups in total. The molecule has 0 aliphatic heterocycles. The summed E-state index contributed by atoms with van der Waals surface area (Å²) >= 11 is 5.91. The molecule has 2 rings (SSSR count). The topological polar surface area (TPSA) is 42.9 Å². The molecule has 0 amide bonds. The van der Waals surface area contributed by atoms with Crippen LogP contribution in [0.2, 0.25) is 5.15 Å². The Hall–Kier alpha value is -1.74. The highest BCUT2D eigenvalue weighted by molar-refractivity contribution is 6.32. The van der Waals surface area contributed by atoms with Crippen molar-refractivity contribution < 1.29 is 4.79 Å². The van der Waals surface area contributed by atoms with E-state index in [-0.39, 0.29) is 10.9 Å². The third-order valence-corrected chi connectivity index (χ3v) is 2.44. The number of halogens is 1. The highest BCUT2D eigenvalue weighted by Gasteiger charge is 2.08. The van der Waals surface area contributed by atoms with E-state index in [1.165, 1.54) is 6.92 Å². The molecule has 0 spiro atoms. The maximum Gasteiger partial charge on any atom is 0.162 e. The Labute approximate surface area is 98.1 Å². The standard InChI is InChI=1S/C12H9ClN2O/c1-8(16)9-5-6-11(15-12(9)13)10-4-2-3-7-14-10/h2-7H,1H3. The average molecular weight is 233 g/mol. The monoisotopic (exact) mass is 232 g/mol. The van der Waals surface area contributed by atoms with E-state index in [0.717, 1.165) is 5.69 Å². The molecule has 0 saturated heterocycles. The van der Waals surface area contributed by atoms with Crippen LogP contribution in [0.5, 0.6) is 0 Å². The number of rotatable bonds is 2. The number of hydrogen-bond acceptors (Lipinski definition) is 3. The first kappa shape index (κ1) is 10.8. The van der Waals surface area contributed by atoms with E-state index < -0.39 is 0 Å². The number of nitrogens with zero attached hydrogens (tertiary/aromatic N) is 2. The minimum atomic E-state index is -0.0925. The van der Waals surface area contributed by atoms with Crippen LogP contribution >= 0.6 is 11.6 Å². The van der Waals surface area contributed by atoms with E-state index in [1.54, 1.807) is 18.3 Å². The third kappa shape index (κ3) is 2.09. The van der Waals surface area contributed by atoms with Gasteiger partial charge in [0.2, 0.25) is 0 Å². The van der Waals surface area contributed by atoms with Crippen molar-refractivity contribution in [3.8, 4) is 11.4 Å². The van der Waals surface area contributed by atoms with Gasteiger partial charge in [-0.3, -0.25) is 9.78 Å². The Morgan fingerprint density at radius 3 is 2.56 bits per heavy atom. The molecule has 0 aliphatic carbocycles. The first-order valence-corrected chi connectivity index (χ1v) is 5.15. The zero-order chi connectivity index (χ0) is 11.5. The number of Topliss-reactive ketones (excluding diaryl/α,β-unsaturated/α-hetero) is 1. The molecular weight excluding hydrogens is 224 g/mol. The van der Waals surface area contributed by atoms with Crippen LogP contribution in [0.15, 0.2) is 36.5 Å². The van der Waals surface area contributed by atoms with E-state index in [0.29, 0.717) is 11.3 Å². The van der Waals surface area contributed by atoms with Crippen LogP contribution in [0.3, 0.4) is 0 Å². The van der Waals surface area contributed by atoms with Gasteiger partial charge in [-0.05, 0) is 31.2 Å². The zero-order valence-corrected chi connectivity index (χ0v) is 9.40. The molecule has 0 fully saturated rings. The number of hydrogen-bond donors (Lipinski definition) is 0. The second-order valence-corrected chi connectivity index (χ2v) is 3.66. The molecule has 0 aromatic carbocycles. The predicted octanol–water partition coefficient (Wildman–Crippen LogP) is 3.00. The van der Waals surface area contributed by atoms with E-state index >= 15 is 0 Å². The maximum atomic E-state index is 11.2. The van der Waals surface area contributed by atoms with Gasteiger partial charge in [0.25, 0.3) is 0 Å². The number of pyridine rings is 2. The second kappa shape index (κ2) is 4.41. The number of carbonyl (C=O) groups is 1. The summed E-state index contributed by atoms with van der Waals surface area (Å²) in [6.07, 6.45) is 1.68. The summed E-state index contributed by atoms with van der Waals surface area (Å²) in [4.78, 5) is 19.5. The van der Waals surface area contributed by atoms with Crippen LogP contribution in [-0.2, 0) is 0 Å². The quantitative estimate of drug-likeness (QED) is 0.591. The van der Waals surface area contributed by atoms with E-state index in [4.69, 9.17) is 11.6 Å². The third-order valence-electron chi connectivity index (χ3n) is 2.16. The van der Waals surface area contributed by atoms with E-state index in [9.17, 15) is 4.79 Å². The van der Waals surface area contributed by atoms with Gasteiger partial charge in [-0.1, -0.05) is 17.7 Å². The molecule has 4 heteroatoms. The minimum Gasteiger partial charge on any atom is -0.294 e. The first-order chi connectivity index (χ1) is 7.68. The van der Waals surface area contributed by atoms with E-state index in [2.05, 4.69) is 9.97 Å². The smallest absolute Gasteiger partial charge is 0.162 e. The van der Waals surface area contributed by atoms with Crippen LogP contribution in [0.1, 0.15) is 17.3 Å². The lowest BCUT2D eigenvalue weighted by Gasteiger charge is -2.02. The van der Waals surface area contributed by atoms with Gasteiger partial charge >= 0.3 is 0 Å². The van der Waals surface area contributed by atoms with Crippen LogP contribution in [0, 0.1) is 0 Å². The zero-order valence-electron chi connectivity index (χ0n) is 8.64. The Bertz CT molecular complexity index is 526. The average Bonchev–Trinajstić information content (AvgIpc) is 2.29. The van der Waals surface area contributed by atoms with Crippen molar-refractivity contribution in [2.45, 2.75) is 6.92 Å². The van der Waals surface area contributed by atoms with Crippen LogP contribution in [0.4, 0.5) is 0 Å². The van der Waals surface area contributed by atoms with Crippen LogP contribution < -0.4 is 0 Å². The summed E-state index contributed by atoms with van der Waals surface area (Å²) in [5, 5.41) is 0.218. The summed E-state index contributed by atoms with van der Waals surface area (Å²) in [6, 6.07) is 8.95. The molecule has 0 radical (unpaired) electrons. The molecule has 80 valence electrons. The van der Waals surface area contributed by atoms with Crippen molar-refractivity contribution in [2.24, 2.45) is 0 Å². The highest BCUT2D eigenvalue weighted by atomic mass is 35.5. The Kier molecular flexibility index (Phi) is 2.97. The molecule has 0 unspecified atom stereocenters. The van der Waals surface area contributed by atoms with E-state index in [1.807, 2.05) is 18.2 Å². The van der Waals surface area contributed by atoms with Crippen LogP contribution in [-0.4, -0.2) is 15.8 Å². The summed E-state index contributed by atoms with van der Waals surface area (Å²) in [6.45, 7) is 1.46. The molecule has 2 heterocycles. The van der Waals surface area contributed by atoms with Gasteiger partial charge in [-0.25, -0.2) is 4.98 Å². The Morgan fingerprint density at radius 1 is 1.19 bits per heavy atom. The fourth-order valence-electron chi connectivity index (χ4n) is 1.35. The fourth-order valence-corrected chi connectivity index (χ4v) is 1.64. The molecule has 0 aliphatic rings. The van der Waals surface area contributed by atoms with Crippen molar-refractivity contribution in [3.63, 3.8) is 0 Å². The van der Waals surface area contributed by atoms with Gasteiger partial charge in [0.05, 0.1) is 17.0 Å². The predicted molar refractivity (Wildman–Crippen MR) is 62.5 cm³/mol. The summed E-state index contributed by atoms with van der Waals surface area (Å²) in [7, 11) is 0. The maximum absolute atomic E-state index is 11.2. The molecule has 0 saturated carbocycles. The molecule has 16 heavy (non-hydrogen) atoms. The molecule has 0 bridgehead atoms. The van der Waals surface area contributed by atoms with Gasteiger partial charge in [-0.15, -0.1) is 0 Å². The fraction of sp³-hybridized carbons (Fsp3) is 0.0833. The lowest BCUT2D eigenvalue weighted by atomic mass is 10.1. The van der Waals surface area contributed by atoms with Gasteiger partial charge in [-0.2, -0.15) is 0 Å². The molecule has 2 aromatic heterocycles. The van der Waals surface area contributed by atoms with Crippen molar-refractivity contribution in [1.82, 2.24) is 9.97 Å². The largest absolute Gasteiger partial charge is 0.294 e. The Morgan fingerprint density at radius 2 is 2.00 bits per heavy atom. The summed E-state index contributed by atoms with van der Waals surface area (Å²) in [5.41, 5.74) is 1.83. The van der Waals surface area contributed by atoms with Gasteiger partial charge in [0.1, 0.15) is 5.15 Å². The minimum absolute atomic E-state index is 0.0925. The molecule has 0 atom stereocenters. The number of carbonyl (C=O) groups excluding carboxylic acids is 1. The van der Waals surface area contributed by atoms with Crippen LogP contribution in [0.25, 0.3) is 11.4 Å². The number of ketones is 1. The SMILES string of the molecule is CC(=O)c1ccc(-c2ccccn2)nc1Cl. The summed E-state index contributed by atoms with van der Waals surface area (Å²) < 4.78 is 0. The summed E-state index contributed by atoms with van der Waals surface area (Å²) in [5.74, 6) is -0.0925. The van der Waals surface area contributed by atoms with Gasteiger partial charge in [0, 0.05) is 6.20 Å². The van der Waals surface area contributed by atoms with Crippen molar-refractivity contribution in [3.05, 3.63) is 47.2 Å². The van der Waals surface area contributed by atoms with Gasteiger partial charge < -0.3 is 0 Å². The first-order valence-electron chi connectivity index (χ1n) is 4.77. The molecular formula is C12H9ClN2O. The Balaban J connectivity index is 2.46. The second-order valence-electron chi connectivity index (χ2n) is 3.31.